The lowest BCUT2D eigenvalue weighted by molar-refractivity contribution is -0.119. The van der Waals surface area contributed by atoms with Gasteiger partial charge in [0.2, 0.25) is 17.6 Å². The van der Waals surface area contributed by atoms with Crippen LogP contribution in [0, 0.1) is 29.1 Å². The van der Waals surface area contributed by atoms with Crippen LogP contribution in [0.4, 0.5) is 27.6 Å². The molecule has 0 aliphatic rings. The maximum atomic E-state index is 14.1. The molecule has 2 N–H and O–H groups in total. The van der Waals surface area contributed by atoms with Crippen LogP contribution in [0.2, 0.25) is 0 Å². The number of amides is 1. The molecule has 168 valence electrons. The Labute approximate surface area is 188 Å². The Bertz CT molecular complexity index is 1360. The first-order valence-electron chi connectivity index (χ1n) is 9.31. The summed E-state index contributed by atoms with van der Waals surface area (Å²) in [6, 6.07) is 13.2. The second-order valence-electron chi connectivity index (χ2n) is 6.81. The summed E-state index contributed by atoms with van der Waals surface area (Å²) in [5.74, 6) is -11.7. The Morgan fingerprint density at radius 1 is 0.909 bits per heavy atom. The highest BCUT2D eigenvalue weighted by Gasteiger charge is 2.29. The maximum absolute atomic E-state index is 14.1. The van der Waals surface area contributed by atoms with Crippen LogP contribution in [0.5, 0.6) is 0 Å². The molecule has 0 aliphatic carbocycles. The molecule has 33 heavy (non-hydrogen) atoms. The highest BCUT2D eigenvalue weighted by molar-refractivity contribution is 7.80. The van der Waals surface area contributed by atoms with Crippen molar-refractivity contribution >= 4 is 40.0 Å². The average molecular weight is 477 g/mol. The number of nitrogens with zero attached hydrogens (tertiary/aromatic N) is 1. The van der Waals surface area contributed by atoms with Gasteiger partial charge in [0.25, 0.3) is 0 Å². The minimum Gasteiger partial charge on any atom is -0.436 e. The van der Waals surface area contributed by atoms with E-state index in [0.29, 0.717) is 5.69 Å². The number of anilines is 1. The Morgan fingerprint density at radius 2 is 1.55 bits per heavy atom. The first kappa shape index (κ1) is 22.3. The molecule has 0 spiro atoms. The summed E-state index contributed by atoms with van der Waals surface area (Å²) in [7, 11) is 0. The molecule has 4 aromatic rings. The number of carbonyl (C=O) groups is 1. The number of hydrogen-bond acceptors (Lipinski definition) is 4. The fourth-order valence-electron chi connectivity index (χ4n) is 3.02. The summed E-state index contributed by atoms with van der Waals surface area (Å²) < 4.78 is 73.6. The predicted molar refractivity (Wildman–Crippen MR) is 114 cm³/mol. The van der Waals surface area contributed by atoms with E-state index in [4.69, 9.17) is 16.6 Å². The van der Waals surface area contributed by atoms with Gasteiger partial charge in [-0.15, -0.1) is 0 Å². The lowest BCUT2D eigenvalue weighted by Crippen LogP contribution is -2.35. The standard InChI is InChI=1S/C22H12F5N3O2S/c23-16-15(17(24)19(26)20(27)18(16)25)21-29-12-9-11(6-7-13(12)32-21)28-22(33)30-14(31)8-10-4-2-1-3-5-10/h1-7,9H,8H2,(H2,28,30,31,33). The Kier molecular flexibility index (Phi) is 6.05. The van der Waals surface area contributed by atoms with Gasteiger partial charge in [0.15, 0.2) is 34.0 Å². The molecule has 0 radical (unpaired) electrons. The van der Waals surface area contributed by atoms with E-state index in [2.05, 4.69) is 15.6 Å². The fraction of sp³-hybridized carbons (Fsp3) is 0.0455. The van der Waals surface area contributed by atoms with Crippen LogP contribution >= 0.6 is 12.2 Å². The van der Waals surface area contributed by atoms with Crippen molar-refractivity contribution in [1.29, 1.82) is 0 Å². The van der Waals surface area contributed by atoms with Gasteiger partial charge < -0.3 is 15.1 Å². The zero-order valence-electron chi connectivity index (χ0n) is 16.4. The van der Waals surface area contributed by atoms with Gasteiger partial charge in [0.05, 0.1) is 6.42 Å². The molecule has 1 aromatic heterocycles. The van der Waals surface area contributed by atoms with Crippen molar-refractivity contribution in [1.82, 2.24) is 10.3 Å². The van der Waals surface area contributed by atoms with Gasteiger partial charge in [-0.1, -0.05) is 30.3 Å². The van der Waals surface area contributed by atoms with Crippen LogP contribution in [0.15, 0.2) is 52.9 Å². The molecule has 5 nitrogen and oxygen atoms in total. The number of thiocarbonyl (C=S) groups is 1. The molecule has 0 saturated carbocycles. The van der Waals surface area contributed by atoms with Gasteiger partial charge in [-0.25, -0.2) is 26.9 Å². The summed E-state index contributed by atoms with van der Waals surface area (Å²) in [5, 5.41) is 5.24. The highest BCUT2D eigenvalue weighted by atomic mass is 32.1. The van der Waals surface area contributed by atoms with E-state index < -0.39 is 40.5 Å². The van der Waals surface area contributed by atoms with Gasteiger partial charge in [-0.3, -0.25) is 4.79 Å². The number of fused-ring (bicyclic) bond motifs is 1. The molecule has 1 amide bonds. The quantitative estimate of drug-likeness (QED) is 0.182. The molecule has 1 heterocycles. The third kappa shape index (κ3) is 4.53. The lowest BCUT2D eigenvalue weighted by Gasteiger charge is -2.09. The molecule has 0 atom stereocenters. The number of hydrogen-bond donors (Lipinski definition) is 2. The van der Waals surface area contributed by atoms with Crippen molar-refractivity contribution in [3.63, 3.8) is 0 Å². The molecular formula is C22H12F5N3O2S. The monoisotopic (exact) mass is 477 g/mol. The number of rotatable bonds is 4. The highest BCUT2D eigenvalue weighted by Crippen LogP contribution is 2.33. The van der Waals surface area contributed by atoms with Crippen molar-refractivity contribution in [3.05, 3.63) is 83.2 Å². The topological polar surface area (TPSA) is 67.2 Å². The molecule has 0 fully saturated rings. The first-order valence-corrected chi connectivity index (χ1v) is 9.72. The first-order chi connectivity index (χ1) is 15.7. The van der Waals surface area contributed by atoms with E-state index in [1.165, 1.54) is 18.2 Å². The van der Waals surface area contributed by atoms with E-state index >= 15 is 0 Å². The van der Waals surface area contributed by atoms with Crippen molar-refractivity contribution in [2.75, 3.05) is 5.32 Å². The molecular weight excluding hydrogens is 465 g/mol. The van der Waals surface area contributed by atoms with Crippen molar-refractivity contribution < 1.29 is 31.2 Å². The number of benzene rings is 3. The number of aromatic nitrogens is 1. The molecule has 0 aliphatic heterocycles. The SMILES string of the molecule is O=C(Cc1ccccc1)NC(=S)Nc1ccc2oc(-c3c(F)c(F)c(F)c(F)c3F)nc2c1. The molecule has 4 rings (SSSR count). The zero-order valence-corrected chi connectivity index (χ0v) is 17.2. The molecule has 11 heteroatoms. The van der Waals surface area contributed by atoms with Gasteiger partial charge in [-0.2, -0.15) is 0 Å². The van der Waals surface area contributed by atoms with Crippen molar-refractivity contribution in [2.24, 2.45) is 0 Å². The summed E-state index contributed by atoms with van der Waals surface area (Å²) >= 11 is 5.10. The predicted octanol–water partition coefficient (Wildman–Crippen LogP) is 5.25. The largest absolute Gasteiger partial charge is 0.436 e. The minimum absolute atomic E-state index is 0.0150. The van der Waals surface area contributed by atoms with E-state index in [-0.39, 0.29) is 28.5 Å². The van der Waals surface area contributed by atoms with E-state index in [1.54, 1.807) is 24.3 Å². The van der Waals surface area contributed by atoms with Crippen molar-refractivity contribution in [3.8, 4) is 11.5 Å². The van der Waals surface area contributed by atoms with E-state index in [9.17, 15) is 26.7 Å². The van der Waals surface area contributed by atoms with Crippen LogP contribution in [0.3, 0.4) is 0 Å². The number of halogens is 5. The second kappa shape index (κ2) is 8.94. The average Bonchev–Trinajstić information content (AvgIpc) is 3.19. The summed E-state index contributed by atoms with van der Waals surface area (Å²) in [5.41, 5.74) is -0.0658. The number of nitrogens with one attached hydrogen (secondary N) is 2. The molecule has 3 aromatic carbocycles. The van der Waals surface area contributed by atoms with Gasteiger partial charge >= 0.3 is 0 Å². The lowest BCUT2D eigenvalue weighted by atomic mass is 10.1. The normalized spacial score (nSPS) is 10.9. The maximum Gasteiger partial charge on any atom is 0.233 e. The molecule has 0 unspecified atom stereocenters. The zero-order chi connectivity index (χ0) is 23.7. The smallest absolute Gasteiger partial charge is 0.233 e. The number of oxazole rings is 1. The third-order valence-electron chi connectivity index (χ3n) is 4.53. The van der Waals surface area contributed by atoms with Crippen LogP contribution in [-0.2, 0) is 11.2 Å². The van der Waals surface area contributed by atoms with E-state index in [0.717, 1.165) is 5.56 Å². The van der Waals surface area contributed by atoms with E-state index in [1.807, 2.05) is 6.07 Å². The van der Waals surface area contributed by atoms with Crippen LogP contribution in [-0.4, -0.2) is 16.0 Å². The minimum atomic E-state index is -2.28. The molecule has 0 bridgehead atoms. The Morgan fingerprint density at radius 3 is 2.21 bits per heavy atom. The van der Waals surface area contributed by atoms with Gasteiger partial charge in [0.1, 0.15) is 11.1 Å². The van der Waals surface area contributed by atoms with Crippen LogP contribution in [0.25, 0.3) is 22.6 Å². The van der Waals surface area contributed by atoms with Crippen LogP contribution in [0.1, 0.15) is 5.56 Å². The third-order valence-corrected chi connectivity index (χ3v) is 4.73. The second-order valence-corrected chi connectivity index (χ2v) is 7.22. The summed E-state index contributed by atoms with van der Waals surface area (Å²) in [6.07, 6.45) is 0.107. The summed E-state index contributed by atoms with van der Waals surface area (Å²) in [4.78, 5) is 15.9. The summed E-state index contributed by atoms with van der Waals surface area (Å²) in [6.45, 7) is 0. The Balaban J connectivity index is 1.53. The number of carbonyl (C=O) groups excluding carboxylic acids is 1. The molecule has 0 saturated heterocycles. The Hall–Kier alpha value is -3.86. The fourth-order valence-corrected chi connectivity index (χ4v) is 3.25. The van der Waals surface area contributed by atoms with Crippen molar-refractivity contribution in [2.45, 2.75) is 6.42 Å². The van der Waals surface area contributed by atoms with Gasteiger partial charge in [-0.05, 0) is 36.0 Å². The van der Waals surface area contributed by atoms with Crippen LogP contribution < -0.4 is 10.6 Å². The van der Waals surface area contributed by atoms with Gasteiger partial charge in [0, 0.05) is 5.69 Å².